The molecule has 4 N–H and O–H groups in total. The number of anilines is 2. The molecule has 0 unspecified atom stereocenters. The number of rotatable bonds is 7. The van der Waals surface area contributed by atoms with Gasteiger partial charge in [-0.1, -0.05) is 23.4 Å². The number of amides is 2. The number of halogens is 1. The van der Waals surface area contributed by atoms with E-state index in [-0.39, 0.29) is 25.7 Å². The highest BCUT2D eigenvalue weighted by molar-refractivity contribution is 6.32. The van der Waals surface area contributed by atoms with Crippen LogP contribution in [0.25, 0.3) is 10.9 Å². The average molecular weight is 503 g/mol. The Hall–Kier alpha value is -4.39. The average Bonchev–Trinajstić information content (AvgIpc) is 2.88. The number of carbonyl (C=O) groups excluding carboxylic acids is 1. The van der Waals surface area contributed by atoms with Crippen LogP contribution in [-0.4, -0.2) is 45.8 Å². The van der Waals surface area contributed by atoms with Gasteiger partial charge in [0, 0.05) is 28.9 Å². The number of hydrogen-bond acceptors (Lipinski definition) is 7. The number of urea groups is 1. The Labute approximate surface area is 212 Å². The predicted molar refractivity (Wildman–Crippen MR) is 139 cm³/mol. The standard InChI is InChI=1S/C26H23ClN6O3/c1-17-4-7-20(15-30-17)36-24-9-6-19(14-22(24)27)33-25-21-13-18(5-8-23(21)31-16-32-25)3-2-10-28-26(35)29-11-12-34/h4-9,13-16,34H,10-12H2,1H3,(H2,28,29,35)(H,31,32,33). The number of benzene rings is 2. The van der Waals surface area contributed by atoms with Gasteiger partial charge in [0.2, 0.25) is 0 Å². The summed E-state index contributed by atoms with van der Waals surface area (Å²) in [7, 11) is 0. The Morgan fingerprint density at radius 1 is 1.08 bits per heavy atom. The van der Waals surface area contributed by atoms with E-state index >= 15 is 0 Å². The third-order valence-corrected chi connectivity index (χ3v) is 5.20. The van der Waals surface area contributed by atoms with Crippen molar-refractivity contribution in [1.82, 2.24) is 25.6 Å². The summed E-state index contributed by atoms with van der Waals surface area (Å²) in [5, 5.41) is 18.3. The topological polar surface area (TPSA) is 121 Å². The van der Waals surface area contributed by atoms with Crippen LogP contribution in [0, 0.1) is 18.8 Å². The zero-order valence-electron chi connectivity index (χ0n) is 19.4. The zero-order chi connectivity index (χ0) is 25.3. The first-order valence-corrected chi connectivity index (χ1v) is 11.4. The van der Waals surface area contributed by atoms with E-state index in [1.54, 1.807) is 18.3 Å². The molecule has 2 heterocycles. The van der Waals surface area contributed by atoms with Gasteiger partial charge in [0.25, 0.3) is 0 Å². The van der Waals surface area contributed by atoms with Gasteiger partial charge in [-0.15, -0.1) is 0 Å². The number of aliphatic hydroxyl groups is 1. The summed E-state index contributed by atoms with van der Waals surface area (Å²) in [5.41, 5.74) is 3.12. The number of aryl methyl sites for hydroxylation is 1. The number of fused-ring (bicyclic) bond motifs is 1. The van der Waals surface area contributed by atoms with E-state index in [1.165, 1.54) is 6.33 Å². The minimum atomic E-state index is -0.387. The molecule has 0 bridgehead atoms. The molecule has 182 valence electrons. The van der Waals surface area contributed by atoms with Gasteiger partial charge < -0.3 is 25.8 Å². The lowest BCUT2D eigenvalue weighted by Crippen LogP contribution is -2.37. The predicted octanol–water partition coefficient (Wildman–Crippen LogP) is 4.17. The highest BCUT2D eigenvalue weighted by Gasteiger charge is 2.09. The summed E-state index contributed by atoms with van der Waals surface area (Å²) in [6.45, 7) is 2.13. The molecule has 10 heteroatoms. The van der Waals surface area contributed by atoms with Crippen molar-refractivity contribution in [2.24, 2.45) is 0 Å². The maximum absolute atomic E-state index is 11.5. The quantitative estimate of drug-likeness (QED) is 0.280. The first kappa shape index (κ1) is 24.7. The first-order valence-electron chi connectivity index (χ1n) is 11.0. The second kappa shape index (κ2) is 11.8. The lowest BCUT2D eigenvalue weighted by Gasteiger charge is -2.11. The fraction of sp³-hybridized carbons (Fsp3) is 0.154. The number of aromatic nitrogens is 3. The van der Waals surface area contributed by atoms with E-state index in [1.807, 2.05) is 43.3 Å². The van der Waals surface area contributed by atoms with Gasteiger partial charge in [0.15, 0.2) is 0 Å². The van der Waals surface area contributed by atoms with Crippen LogP contribution in [0.1, 0.15) is 11.3 Å². The summed E-state index contributed by atoms with van der Waals surface area (Å²) < 4.78 is 5.83. The fourth-order valence-corrected chi connectivity index (χ4v) is 3.40. The second-order valence-corrected chi connectivity index (χ2v) is 8.00. The number of nitrogens with zero attached hydrogens (tertiary/aromatic N) is 3. The molecule has 0 spiro atoms. The van der Waals surface area contributed by atoms with Crippen LogP contribution in [-0.2, 0) is 0 Å². The summed E-state index contributed by atoms with van der Waals surface area (Å²) in [4.78, 5) is 24.4. The zero-order valence-corrected chi connectivity index (χ0v) is 20.1. The van der Waals surface area contributed by atoms with Crippen LogP contribution in [0.2, 0.25) is 5.02 Å². The second-order valence-electron chi connectivity index (χ2n) is 7.60. The first-order chi connectivity index (χ1) is 17.5. The van der Waals surface area contributed by atoms with E-state index in [4.69, 9.17) is 21.4 Å². The molecule has 2 aromatic heterocycles. The van der Waals surface area contributed by atoms with E-state index in [2.05, 4.69) is 42.7 Å². The minimum absolute atomic E-state index is 0.121. The van der Waals surface area contributed by atoms with Crippen LogP contribution in [0.15, 0.2) is 61.1 Å². The summed E-state index contributed by atoms with van der Waals surface area (Å²) in [6, 6.07) is 14.3. The molecule has 2 amide bonds. The third-order valence-electron chi connectivity index (χ3n) is 4.91. The van der Waals surface area contributed by atoms with Crippen LogP contribution in [0.4, 0.5) is 16.3 Å². The Balaban J connectivity index is 1.48. The van der Waals surface area contributed by atoms with E-state index in [0.29, 0.717) is 22.3 Å². The molecular weight excluding hydrogens is 480 g/mol. The number of ether oxygens (including phenoxy) is 1. The molecule has 0 radical (unpaired) electrons. The SMILES string of the molecule is Cc1ccc(Oc2ccc(Nc3ncnc4ccc(C#CCNC(=O)NCCO)cc34)cc2Cl)cn1. The van der Waals surface area contributed by atoms with Crippen molar-refractivity contribution in [1.29, 1.82) is 0 Å². The van der Waals surface area contributed by atoms with Gasteiger partial charge in [0.1, 0.15) is 23.6 Å². The van der Waals surface area contributed by atoms with Gasteiger partial charge in [-0.05, 0) is 55.5 Å². The Bertz CT molecular complexity index is 1430. The molecule has 0 atom stereocenters. The highest BCUT2D eigenvalue weighted by atomic mass is 35.5. The Morgan fingerprint density at radius 2 is 1.97 bits per heavy atom. The lowest BCUT2D eigenvalue weighted by atomic mass is 10.1. The number of pyridine rings is 1. The van der Waals surface area contributed by atoms with Crippen molar-refractivity contribution in [2.75, 3.05) is 25.0 Å². The largest absolute Gasteiger partial charge is 0.454 e. The molecule has 0 aliphatic heterocycles. The number of hydrogen-bond donors (Lipinski definition) is 4. The molecule has 0 aliphatic rings. The molecule has 2 aromatic carbocycles. The van der Waals surface area contributed by atoms with Crippen molar-refractivity contribution in [2.45, 2.75) is 6.92 Å². The van der Waals surface area contributed by atoms with Crippen molar-refractivity contribution < 1.29 is 14.6 Å². The molecule has 0 saturated heterocycles. The van der Waals surface area contributed by atoms with Gasteiger partial charge in [-0.2, -0.15) is 0 Å². The van der Waals surface area contributed by atoms with E-state index < -0.39 is 0 Å². The monoisotopic (exact) mass is 502 g/mol. The maximum Gasteiger partial charge on any atom is 0.315 e. The highest BCUT2D eigenvalue weighted by Crippen LogP contribution is 2.33. The smallest absolute Gasteiger partial charge is 0.315 e. The number of aliphatic hydroxyl groups excluding tert-OH is 1. The van der Waals surface area contributed by atoms with Crippen molar-refractivity contribution in [3.63, 3.8) is 0 Å². The molecule has 4 rings (SSSR count). The lowest BCUT2D eigenvalue weighted by molar-refractivity contribution is 0.235. The third kappa shape index (κ3) is 6.60. The minimum Gasteiger partial charge on any atom is -0.454 e. The van der Waals surface area contributed by atoms with Gasteiger partial charge in [-0.25, -0.2) is 14.8 Å². The molecular formula is C26H23ClN6O3. The van der Waals surface area contributed by atoms with Gasteiger partial charge >= 0.3 is 6.03 Å². The van der Waals surface area contributed by atoms with E-state index in [0.717, 1.165) is 27.8 Å². The molecule has 0 fully saturated rings. The van der Waals surface area contributed by atoms with Crippen molar-refractivity contribution >= 4 is 40.0 Å². The fourth-order valence-electron chi connectivity index (χ4n) is 3.18. The normalized spacial score (nSPS) is 10.3. The number of carbonyl (C=O) groups is 1. The van der Waals surface area contributed by atoms with Crippen molar-refractivity contribution in [3.05, 3.63) is 77.3 Å². The summed E-state index contributed by atoms with van der Waals surface area (Å²) in [5.74, 6) is 7.62. The van der Waals surface area contributed by atoms with Crippen LogP contribution in [0.3, 0.4) is 0 Å². The molecule has 4 aromatic rings. The Kier molecular flexibility index (Phi) is 8.13. The van der Waals surface area contributed by atoms with Crippen LogP contribution in [0.5, 0.6) is 11.5 Å². The van der Waals surface area contributed by atoms with Crippen molar-refractivity contribution in [3.8, 4) is 23.3 Å². The molecule has 0 aliphatic carbocycles. The Morgan fingerprint density at radius 3 is 2.75 bits per heavy atom. The van der Waals surface area contributed by atoms with Gasteiger partial charge in [-0.3, -0.25) is 4.98 Å². The maximum atomic E-state index is 11.5. The molecule has 9 nitrogen and oxygen atoms in total. The number of nitrogens with one attached hydrogen (secondary N) is 3. The van der Waals surface area contributed by atoms with Gasteiger partial charge in [0.05, 0.1) is 29.9 Å². The summed E-state index contributed by atoms with van der Waals surface area (Å²) >= 11 is 6.46. The summed E-state index contributed by atoms with van der Waals surface area (Å²) in [6.07, 6.45) is 3.13. The molecule has 36 heavy (non-hydrogen) atoms. The molecule has 0 saturated carbocycles. The van der Waals surface area contributed by atoms with E-state index in [9.17, 15) is 4.79 Å². The van der Waals surface area contributed by atoms with Crippen LogP contribution < -0.4 is 20.7 Å². The van der Waals surface area contributed by atoms with Crippen LogP contribution >= 0.6 is 11.6 Å².